The van der Waals surface area contributed by atoms with Crippen molar-refractivity contribution in [3.8, 4) is 0 Å². The maximum Gasteiger partial charge on any atom is 0.222 e. The van der Waals surface area contributed by atoms with Crippen molar-refractivity contribution in [3.05, 3.63) is 23.3 Å². The van der Waals surface area contributed by atoms with E-state index in [1.54, 1.807) is 0 Å². The molecule has 0 saturated carbocycles. The largest absolute Gasteiger partial charge is 0.339 e. The van der Waals surface area contributed by atoms with Gasteiger partial charge in [-0.2, -0.15) is 0 Å². The SMILES string of the molecule is CCCC(=O)N(CC)C/C=C(/C)CCC=C(C)C. The molecular weight excluding hydrogens is 222 g/mol. The quantitative estimate of drug-likeness (QED) is 0.588. The van der Waals surface area contributed by atoms with Crippen LogP contribution < -0.4 is 0 Å². The molecule has 2 nitrogen and oxygen atoms in total. The molecule has 0 N–H and O–H groups in total. The number of nitrogens with zero attached hydrogens (tertiary/aromatic N) is 1. The Bertz CT molecular complexity index is 298. The maximum absolute atomic E-state index is 11.8. The Morgan fingerprint density at radius 3 is 2.22 bits per heavy atom. The lowest BCUT2D eigenvalue weighted by Gasteiger charge is -2.19. The highest BCUT2D eigenvalue weighted by Gasteiger charge is 2.08. The third-order valence-corrected chi connectivity index (χ3v) is 2.95. The van der Waals surface area contributed by atoms with Crippen molar-refractivity contribution in [1.82, 2.24) is 4.90 Å². The molecule has 0 aromatic heterocycles. The van der Waals surface area contributed by atoms with Crippen molar-refractivity contribution in [2.45, 2.75) is 60.3 Å². The van der Waals surface area contributed by atoms with Crippen molar-refractivity contribution < 1.29 is 4.79 Å². The molecule has 0 aromatic carbocycles. The number of allylic oxidation sites excluding steroid dienone is 3. The fraction of sp³-hybridized carbons (Fsp3) is 0.688. The van der Waals surface area contributed by atoms with Gasteiger partial charge in [-0.15, -0.1) is 0 Å². The zero-order valence-electron chi connectivity index (χ0n) is 12.8. The molecule has 0 aliphatic heterocycles. The summed E-state index contributed by atoms with van der Waals surface area (Å²) in [5.41, 5.74) is 2.74. The molecule has 0 atom stereocenters. The molecule has 2 heteroatoms. The smallest absolute Gasteiger partial charge is 0.222 e. The van der Waals surface area contributed by atoms with E-state index in [-0.39, 0.29) is 5.91 Å². The number of amides is 1. The molecule has 0 unspecified atom stereocenters. The summed E-state index contributed by atoms with van der Waals surface area (Å²) in [5.74, 6) is 0.272. The minimum absolute atomic E-state index is 0.272. The fourth-order valence-electron chi connectivity index (χ4n) is 1.74. The monoisotopic (exact) mass is 251 g/mol. The van der Waals surface area contributed by atoms with Crippen LogP contribution in [0.15, 0.2) is 23.3 Å². The summed E-state index contributed by atoms with van der Waals surface area (Å²) in [5, 5.41) is 0. The first kappa shape index (κ1) is 16.9. The lowest BCUT2D eigenvalue weighted by atomic mass is 10.1. The van der Waals surface area contributed by atoms with Crippen LogP contribution in [0.5, 0.6) is 0 Å². The summed E-state index contributed by atoms with van der Waals surface area (Å²) in [7, 11) is 0. The van der Waals surface area contributed by atoms with Crippen molar-refractivity contribution in [2.75, 3.05) is 13.1 Å². The molecule has 0 heterocycles. The second-order valence-electron chi connectivity index (χ2n) is 5.05. The van der Waals surface area contributed by atoms with Gasteiger partial charge in [-0.1, -0.05) is 30.2 Å². The number of carbonyl (C=O) groups is 1. The minimum atomic E-state index is 0.272. The second kappa shape index (κ2) is 9.93. The van der Waals surface area contributed by atoms with E-state index in [1.807, 2.05) is 18.7 Å². The van der Waals surface area contributed by atoms with E-state index in [0.717, 1.165) is 32.4 Å². The molecule has 0 fully saturated rings. The number of likely N-dealkylation sites (N-methyl/N-ethyl adjacent to an activating group) is 1. The van der Waals surface area contributed by atoms with Crippen molar-refractivity contribution in [1.29, 1.82) is 0 Å². The highest BCUT2D eigenvalue weighted by Crippen LogP contribution is 2.07. The first-order valence-corrected chi connectivity index (χ1v) is 7.08. The summed E-state index contributed by atoms with van der Waals surface area (Å²) in [6.07, 6.45) is 8.23. The Labute approximate surface area is 113 Å². The van der Waals surface area contributed by atoms with E-state index in [9.17, 15) is 4.79 Å². The molecule has 104 valence electrons. The number of hydrogen-bond acceptors (Lipinski definition) is 1. The lowest BCUT2D eigenvalue weighted by Crippen LogP contribution is -2.30. The maximum atomic E-state index is 11.8. The Balaban J connectivity index is 4.15. The molecule has 0 spiro atoms. The second-order valence-corrected chi connectivity index (χ2v) is 5.05. The zero-order valence-corrected chi connectivity index (χ0v) is 12.8. The van der Waals surface area contributed by atoms with Crippen LogP contribution in [0.2, 0.25) is 0 Å². The molecule has 1 amide bonds. The normalized spacial score (nSPS) is 11.3. The van der Waals surface area contributed by atoms with Gasteiger partial charge in [0.2, 0.25) is 5.91 Å². The van der Waals surface area contributed by atoms with Crippen LogP contribution in [-0.2, 0) is 4.79 Å². The highest BCUT2D eigenvalue weighted by molar-refractivity contribution is 5.76. The van der Waals surface area contributed by atoms with Crippen LogP contribution in [0.3, 0.4) is 0 Å². The van der Waals surface area contributed by atoms with E-state index in [1.165, 1.54) is 11.1 Å². The molecule has 18 heavy (non-hydrogen) atoms. The van der Waals surface area contributed by atoms with Crippen molar-refractivity contribution >= 4 is 5.91 Å². The van der Waals surface area contributed by atoms with Gasteiger partial charge in [0.15, 0.2) is 0 Å². The average molecular weight is 251 g/mol. The van der Waals surface area contributed by atoms with Gasteiger partial charge in [0, 0.05) is 19.5 Å². The Morgan fingerprint density at radius 1 is 1.06 bits per heavy atom. The Hall–Kier alpha value is -1.05. The molecule has 0 bridgehead atoms. The van der Waals surface area contributed by atoms with Gasteiger partial charge < -0.3 is 4.90 Å². The highest BCUT2D eigenvalue weighted by atomic mass is 16.2. The minimum Gasteiger partial charge on any atom is -0.339 e. The first-order valence-electron chi connectivity index (χ1n) is 7.08. The molecule has 0 rings (SSSR count). The molecule has 0 aromatic rings. The summed E-state index contributed by atoms with van der Waals surface area (Å²) in [6, 6.07) is 0. The van der Waals surface area contributed by atoms with Gasteiger partial charge in [-0.25, -0.2) is 0 Å². The van der Waals surface area contributed by atoms with Crippen molar-refractivity contribution in [2.24, 2.45) is 0 Å². The average Bonchev–Trinajstić information content (AvgIpc) is 2.29. The molecule has 0 aliphatic carbocycles. The number of carbonyl (C=O) groups excluding carboxylic acids is 1. The summed E-state index contributed by atoms with van der Waals surface area (Å²) in [6.45, 7) is 12.1. The zero-order chi connectivity index (χ0) is 14.0. The predicted octanol–water partition coefficient (Wildman–Crippen LogP) is 4.33. The van der Waals surface area contributed by atoms with Crippen molar-refractivity contribution in [3.63, 3.8) is 0 Å². The van der Waals surface area contributed by atoms with E-state index in [2.05, 4.69) is 32.9 Å². The number of hydrogen-bond donors (Lipinski definition) is 0. The van der Waals surface area contributed by atoms with Crippen LogP contribution in [0.1, 0.15) is 60.3 Å². The first-order chi connectivity index (χ1) is 8.51. The van der Waals surface area contributed by atoms with Gasteiger partial charge in [0.25, 0.3) is 0 Å². The molecular formula is C16H29NO. The van der Waals surface area contributed by atoms with Crippen LogP contribution in [0.4, 0.5) is 0 Å². The van der Waals surface area contributed by atoms with Gasteiger partial charge in [0.1, 0.15) is 0 Å². The third-order valence-electron chi connectivity index (χ3n) is 2.95. The van der Waals surface area contributed by atoms with Gasteiger partial charge in [-0.3, -0.25) is 4.79 Å². The van der Waals surface area contributed by atoms with E-state index in [0.29, 0.717) is 6.42 Å². The van der Waals surface area contributed by atoms with E-state index < -0.39 is 0 Å². The van der Waals surface area contributed by atoms with Gasteiger partial charge in [-0.05, 0) is 47.0 Å². The Morgan fingerprint density at radius 2 is 1.72 bits per heavy atom. The van der Waals surface area contributed by atoms with Gasteiger partial charge >= 0.3 is 0 Å². The summed E-state index contributed by atoms with van der Waals surface area (Å²) in [4.78, 5) is 13.7. The van der Waals surface area contributed by atoms with Gasteiger partial charge in [0.05, 0.1) is 0 Å². The van der Waals surface area contributed by atoms with Crippen LogP contribution in [0, 0.1) is 0 Å². The fourth-order valence-corrected chi connectivity index (χ4v) is 1.74. The van der Waals surface area contributed by atoms with E-state index >= 15 is 0 Å². The lowest BCUT2D eigenvalue weighted by molar-refractivity contribution is -0.130. The molecule has 0 saturated heterocycles. The predicted molar refractivity (Wildman–Crippen MR) is 79.6 cm³/mol. The third kappa shape index (κ3) is 8.10. The standard InChI is InChI=1S/C16H29NO/c1-6-9-16(18)17(7-2)13-12-15(5)11-8-10-14(3)4/h10,12H,6-9,11,13H2,1-5H3/b15-12-. The Kier molecular flexibility index (Phi) is 9.35. The molecule has 0 radical (unpaired) electrons. The van der Waals surface area contributed by atoms with Crippen LogP contribution in [-0.4, -0.2) is 23.9 Å². The molecule has 0 aliphatic rings. The topological polar surface area (TPSA) is 20.3 Å². The van der Waals surface area contributed by atoms with Crippen LogP contribution in [0.25, 0.3) is 0 Å². The number of rotatable bonds is 8. The summed E-state index contributed by atoms with van der Waals surface area (Å²) >= 11 is 0. The van der Waals surface area contributed by atoms with Crippen LogP contribution >= 0.6 is 0 Å². The van der Waals surface area contributed by atoms with E-state index in [4.69, 9.17) is 0 Å². The summed E-state index contributed by atoms with van der Waals surface area (Å²) < 4.78 is 0.